The fourth-order valence-electron chi connectivity index (χ4n) is 0.864. The molecule has 1 heterocycles. The van der Waals surface area contributed by atoms with E-state index < -0.39 is 0 Å². The van der Waals surface area contributed by atoms with Gasteiger partial charge < -0.3 is 10.5 Å². The molecule has 3 nitrogen and oxygen atoms in total. The summed E-state index contributed by atoms with van der Waals surface area (Å²) in [4.78, 5) is 4.07. The first-order valence-corrected chi connectivity index (χ1v) is 4.41. The van der Waals surface area contributed by atoms with Gasteiger partial charge in [-0.3, -0.25) is 0 Å². The third-order valence-corrected chi connectivity index (χ3v) is 1.47. The van der Waals surface area contributed by atoms with E-state index in [9.17, 15) is 0 Å². The normalized spacial score (nSPS) is 12.6. The fraction of sp³-hybridized carbons (Fsp3) is 0.375. The number of rotatable bonds is 2. The standard InChI is InChI=1S/C8H13N2OP/c1-5-3-4-7(8(9)10-5)11-6(2)12/h3-4,6H,12H2,1-2H3,(H2,9,10). The molecule has 0 bridgehead atoms. The van der Waals surface area contributed by atoms with E-state index in [2.05, 4.69) is 14.2 Å². The summed E-state index contributed by atoms with van der Waals surface area (Å²) < 4.78 is 5.38. The average Bonchev–Trinajstić information content (AvgIpc) is 1.94. The van der Waals surface area contributed by atoms with Gasteiger partial charge in [0.1, 0.15) is 5.85 Å². The molecule has 1 aromatic rings. The fourth-order valence-corrected chi connectivity index (χ4v) is 1.01. The van der Waals surface area contributed by atoms with Crippen molar-refractivity contribution in [1.29, 1.82) is 0 Å². The first-order valence-electron chi connectivity index (χ1n) is 3.75. The first-order chi connectivity index (χ1) is 5.59. The highest BCUT2D eigenvalue weighted by Gasteiger charge is 2.02. The molecule has 0 spiro atoms. The molecule has 66 valence electrons. The van der Waals surface area contributed by atoms with Gasteiger partial charge in [-0.1, -0.05) is 9.24 Å². The Morgan fingerprint density at radius 1 is 1.58 bits per heavy atom. The minimum atomic E-state index is 0.0526. The number of hydrogen-bond donors (Lipinski definition) is 1. The van der Waals surface area contributed by atoms with Gasteiger partial charge in [0.2, 0.25) is 0 Å². The highest BCUT2D eigenvalue weighted by atomic mass is 31.0. The summed E-state index contributed by atoms with van der Waals surface area (Å²) in [5, 5.41) is 0. The molecule has 2 atom stereocenters. The lowest BCUT2D eigenvalue weighted by atomic mass is 10.3. The van der Waals surface area contributed by atoms with Crippen LogP contribution in [0.2, 0.25) is 0 Å². The van der Waals surface area contributed by atoms with Crippen molar-refractivity contribution in [2.24, 2.45) is 0 Å². The van der Waals surface area contributed by atoms with E-state index in [0.29, 0.717) is 11.6 Å². The van der Waals surface area contributed by atoms with E-state index in [0.717, 1.165) is 5.69 Å². The number of nitrogens with two attached hydrogens (primary N) is 1. The van der Waals surface area contributed by atoms with Crippen molar-refractivity contribution in [3.63, 3.8) is 0 Å². The van der Waals surface area contributed by atoms with Gasteiger partial charge in [0.05, 0.1) is 0 Å². The number of ether oxygens (including phenoxy) is 1. The lowest BCUT2D eigenvalue weighted by molar-refractivity contribution is 0.308. The second-order valence-corrected chi connectivity index (χ2v) is 3.60. The van der Waals surface area contributed by atoms with E-state index in [1.165, 1.54) is 0 Å². The van der Waals surface area contributed by atoms with Crippen molar-refractivity contribution in [2.45, 2.75) is 19.7 Å². The van der Waals surface area contributed by atoms with Crippen LogP contribution in [0.4, 0.5) is 5.82 Å². The molecule has 0 aliphatic heterocycles. The maximum absolute atomic E-state index is 5.62. The molecule has 2 N–H and O–H groups in total. The monoisotopic (exact) mass is 184 g/mol. The van der Waals surface area contributed by atoms with Gasteiger partial charge in [-0.25, -0.2) is 4.98 Å². The Balaban J connectivity index is 2.86. The molecule has 0 radical (unpaired) electrons. The van der Waals surface area contributed by atoms with Gasteiger partial charge >= 0.3 is 0 Å². The zero-order valence-electron chi connectivity index (χ0n) is 7.24. The van der Waals surface area contributed by atoms with Gasteiger partial charge in [0.15, 0.2) is 11.6 Å². The second-order valence-electron chi connectivity index (χ2n) is 2.66. The van der Waals surface area contributed by atoms with Gasteiger partial charge in [-0.15, -0.1) is 0 Å². The lowest BCUT2D eigenvalue weighted by Gasteiger charge is -2.10. The average molecular weight is 184 g/mol. The number of anilines is 1. The quantitative estimate of drug-likeness (QED) is 0.710. The molecular formula is C8H13N2OP. The van der Waals surface area contributed by atoms with Crippen molar-refractivity contribution in [3.05, 3.63) is 17.8 Å². The van der Waals surface area contributed by atoms with Crippen LogP contribution in [0.1, 0.15) is 12.6 Å². The predicted molar refractivity (Wildman–Crippen MR) is 53.2 cm³/mol. The summed E-state index contributed by atoms with van der Waals surface area (Å²) in [7, 11) is 2.54. The number of hydrogen-bond acceptors (Lipinski definition) is 3. The van der Waals surface area contributed by atoms with Crippen LogP contribution in [0.3, 0.4) is 0 Å². The van der Waals surface area contributed by atoms with Crippen molar-refractivity contribution in [1.82, 2.24) is 4.98 Å². The molecule has 0 aliphatic rings. The molecule has 0 fully saturated rings. The van der Waals surface area contributed by atoms with Crippen molar-refractivity contribution in [2.75, 3.05) is 5.73 Å². The Bertz CT molecular complexity index is 276. The minimum Gasteiger partial charge on any atom is -0.483 e. The van der Waals surface area contributed by atoms with Crippen LogP contribution >= 0.6 is 9.24 Å². The first kappa shape index (κ1) is 9.27. The maximum Gasteiger partial charge on any atom is 0.166 e. The second kappa shape index (κ2) is 3.72. The van der Waals surface area contributed by atoms with Crippen LogP contribution < -0.4 is 10.5 Å². The molecular weight excluding hydrogens is 171 g/mol. The molecule has 2 unspecified atom stereocenters. The topological polar surface area (TPSA) is 48.1 Å². The number of nitrogen functional groups attached to an aromatic ring is 1. The zero-order chi connectivity index (χ0) is 9.14. The molecule has 0 aliphatic carbocycles. The minimum absolute atomic E-state index is 0.0526. The molecule has 1 rings (SSSR count). The Morgan fingerprint density at radius 2 is 2.25 bits per heavy atom. The Labute approximate surface area is 74.5 Å². The van der Waals surface area contributed by atoms with E-state index in [1.807, 2.05) is 26.0 Å². The van der Waals surface area contributed by atoms with E-state index in [4.69, 9.17) is 10.5 Å². The van der Waals surface area contributed by atoms with Gasteiger partial charge in [-0.2, -0.15) is 0 Å². The van der Waals surface area contributed by atoms with Gasteiger partial charge in [0.25, 0.3) is 0 Å². The Hall–Kier alpha value is -0.820. The van der Waals surface area contributed by atoms with E-state index >= 15 is 0 Å². The summed E-state index contributed by atoms with van der Waals surface area (Å²) in [5.74, 6) is 1.14. The third kappa shape index (κ3) is 2.35. The number of aryl methyl sites for hydroxylation is 1. The molecule has 12 heavy (non-hydrogen) atoms. The van der Waals surface area contributed by atoms with Crippen molar-refractivity contribution < 1.29 is 4.74 Å². The van der Waals surface area contributed by atoms with E-state index in [-0.39, 0.29) is 5.85 Å². The number of aromatic nitrogens is 1. The molecule has 0 aromatic carbocycles. The van der Waals surface area contributed by atoms with Crippen molar-refractivity contribution >= 4 is 15.1 Å². The molecule has 0 amide bonds. The van der Waals surface area contributed by atoms with Crippen LogP contribution in [0.5, 0.6) is 5.75 Å². The summed E-state index contributed by atoms with van der Waals surface area (Å²) in [6, 6.07) is 3.71. The van der Waals surface area contributed by atoms with E-state index in [1.54, 1.807) is 0 Å². The maximum atomic E-state index is 5.62. The lowest BCUT2D eigenvalue weighted by Crippen LogP contribution is -2.05. The van der Waals surface area contributed by atoms with Gasteiger partial charge in [0, 0.05) is 5.69 Å². The Morgan fingerprint density at radius 3 is 2.75 bits per heavy atom. The summed E-state index contributed by atoms with van der Waals surface area (Å²) in [6.45, 7) is 3.81. The van der Waals surface area contributed by atoms with Crippen LogP contribution in [-0.4, -0.2) is 10.8 Å². The number of nitrogens with zero attached hydrogens (tertiary/aromatic N) is 1. The Kier molecular flexibility index (Phi) is 2.88. The third-order valence-electron chi connectivity index (χ3n) is 1.34. The molecule has 1 aromatic heterocycles. The van der Waals surface area contributed by atoms with Crippen LogP contribution in [-0.2, 0) is 0 Å². The zero-order valence-corrected chi connectivity index (χ0v) is 8.40. The van der Waals surface area contributed by atoms with Crippen molar-refractivity contribution in [3.8, 4) is 5.75 Å². The predicted octanol–water partition coefficient (Wildman–Crippen LogP) is 1.57. The highest BCUT2D eigenvalue weighted by molar-refractivity contribution is 7.17. The largest absolute Gasteiger partial charge is 0.483 e. The van der Waals surface area contributed by atoms with Gasteiger partial charge in [-0.05, 0) is 26.0 Å². The summed E-state index contributed by atoms with van der Waals surface area (Å²) >= 11 is 0. The molecule has 0 saturated carbocycles. The SMILES string of the molecule is Cc1ccc(OC(C)P)c(N)n1. The van der Waals surface area contributed by atoms with Crippen LogP contribution in [0.25, 0.3) is 0 Å². The summed E-state index contributed by atoms with van der Waals surface area (Å²) in [5.41, 5.74) is 6.52. The highest BCUT2D eigenvalue weighted by Crippen LogP contribution is 2.21. The molecule has 4 heteroatoms. The van der Waals surface area contributed by atoms with Crippen LogP contribution in [0.15, 0.2) is 12.1 Å². The van der Waals surface area contributed by atoms with Crippen LogP contribution in [0, 0.1) is 6.92 Å². The molecule has 0 saturated heterocycles. The summed E-state index contributed by atoms with van der Waals surface area (Å²) in [6.07, 6.45) is 0. The smallest absolute Gasteiger partial charge is 0.166 e. The number of pyridine rings is 1.